The molecule has 1 N–H and O–H groups in total. The summed E-state index contributed by atoms with van der Waals surface area (Å²) in [5, 5.41) is 6.05. The van der Waals surface area contributed by atoms with Crippen LogP contribution < -0.4 is 5.32 Å². The van der Waals surface area contributed by atoms with Crippen molar-refractivity contribution in [1.29, 1.82) is 0 Å². The van der Waals surface area contributed by atoms with Crippen LogP contribution in [0.3, 0.4) is 0 Å². The van der Waals surface area contributed by atoms with E-state index in [4.69, 9.17) is 9.41 Å². The van der Waals surface area contributed by atoms with Crippen LogP contribution >= 0.6 is 0 Å². The third kappa shape index (κ3) is 3.61. The molecule has 3 aliphatic rings. The van der Waals surface area contributed by atoms with Crippen molar-refractivity contribution < 1.29 is 4.42 Å². The van der Waals surface area contributed by atoms with Gasteiger partial charge in [-0.3, -0.25) is 4.99 Å². The summed E-state index contributed by atoms with van der Waals surface area (Å²) in [6.07, 6.45) is 2.29. The van der Waals surface area contributed by atoms with Gasteiger partial charge < -0.3 is 9.73 Å². The number of amidine groups is 1. The van der Waals surface area contributed by atoms with Gasteiger partial charge in [-0.25, -0.2) is 0 Å². The number of benzene rings is 7. The molecule has 3 heteroatoms. The monoisotopic (exact) mass is 638 g/mol. The van der Waals surface area contributed by atoms with Crippen molar-refractivity contribution in [2.24, 2.45) is 4.99 Å². The van der Waals surface area contributed by atoms with Gasteiger partial charge in [0.1, 0.15) is 23.0 Å². The van der Waals surface area contributed by atoms with Gasteiger partial charge in [0.05, 0.1) is 5.41 Å². The van der Waals surface area contributed by atoms with E-state index in [1.54, 1.807) is 0 Å². The van der Waals surface area contributed by atoms with Gasteiger partial charge in [-0.2, -0.15) is 0 Å². The Balaban J connectivity index is 1.17. The molecule has 0 amide bonds. The van der Waals surface area contributed by atoms with Gasteiger partial charge >= 0.3 is 0 Å². The predicted molar refractivity (Wildman–Crippen MR) is 203 cm³/mol. The summed E-state index contributed by atoms with van der Waals surface area (Å²) in [4.78, 5) is 5.36. The molecule has 0 bridgehead atoms. The average molecular weight is 639 g/mol. The molecular formula is C47H30N2O. The Bertz CT molecular complexity index is 2700. The van der Waals surface area contributed by atoms with Crippen molar-refractivity contribution in [2.75, 3.05) is 0 Å². The molecule has 0 fully saturated rings. The molecule has 7 aromatic carbocycles. The number of nitrogens with one attached hydrogen (secondary N) is 1. The largest absolute Gasteiger partial charge is 0.456 e. The summed E-state index contributed by atoms with van der Waals surface area (Å²) in [5.41, 5.74) is 16.2. The molecule has 1 unspecified atom stereocenters. The number of hydrogen-bond acceptors (Lipinski definition) is 3. The highest BCUT2D eigenvalue weighted by Crippen LogP contribution is 2.63. The Kier molecular flexibility index (Phi) is 5.65. The van der Waals surface area contributed by atoms with Crippen LogP contribution in [0.4, 0.5) is 0 Å². The van der Waals surface area contributed by atoms with Crippen molar-refractivity contribution in [2.45, 2.75) is 11.5 Å². The number of furan rings is 1. The zero-order valence-corrected chi connectivity index (χ0v) is 27.1. The normalized spacial score (nSPS) is 16.4. The van der Waals surface area contributed by atoms with Crippen LogP contribution in [0.1, 0.15) is 45.0 Å². The molecule has 2 heterocycles. The van der Waals surface area contributed by atoms with Crippen LogP contribution in [0.15, 0.2) is 179 Å². The molecule has 2 aliphatic carbocycles. The minimum atomic E-state index is -0.403. The first kappa shape index (κ1) is 27.5. The molecular weight excluding hydrogens is 609 g/mol. The molecule has 8 aromatic rings. The summed E-state index contributed by atoms with van der Waals surface area (Å²) in [7, 11) is 0. The van der Waals surface area contributed by atoms with Gasteiger partial charge in [0.25, 0.3) is 0 Å². The van der Waals surface area contributed by atoms with Gasteiger partial charge in [-0.15, -0.1) is 0 Å². The number of fused-ring (bicyclic) bond motifs is 13. The lowest BCUT2D eigenvalue weighted by Gasteiger charge is -2.30. The van der Waals surface area contributed by atoms with Crippen LogP contribution in [0, 0.1) is 0 Å². The highest BCUT2D eigenvalue weighted by atomic mass is 16.3. The first-order valence-corrected chi connectivity index (χ1v) is 17.3. The van der Waals surface area contributed by atoms with Crippen LogP contribution in [0.5, 0.6) is 0 Å². The summed E-state index contributed by atoms with van der Waals surface area (Å²) in [5.74, 6) is 0.844. The second-order valence-electron chi connectivity index (χ2n) is 13.4. The number of para-hydroxylation sites is 2. The van der Waals surface area contributed by atoms with E-state index in [2.05, 4.69) is 157 Å². The summed E-state index contributed by atoms with van der Waals surface area (Å²) in [6.45, 7) is 0. The van der Waals surface area contributed by atoms with E-state index >= 15 is 0 Å². The Hall–Kier alpha value is -6.45. The number of rotatable bonds is 3. The average Bonchev–Trinajstić information content (AvgIpc) is 3.82. The number of nitrogens with zero attached hydrogens (tertiary/aromatic N) is 1. The highest BCUT2D eigenvalue weighted by Gasteiger charge is 2.52. The fourth-order valence-corrected chi connectivity index (χ4v) is 8.96. The maximum Gasteiger partial charge on any atom is 0.141 e. The van der Waals surface area contributed by atoms with Crippen LogP contribution in [0.25, 0.3) is 49.9 Å². The summed E-state index contributed by atoms with van der Waals surface area (Å²) >= 11 is 0. The van der Waals surface area contributed by atoms with E-state index in [9.17, 15) is 0 Å². The van der Waals surface area contributed by atoms with Gasteiger partial charge in [0.2, 0.25) is 0 Å². The molecule has 11 rings (SSSR count). The smallest absolute Gasteiger partial charge is 0.141 e. The topological polar surface area (TPSA) is 37.5 Å². The summed E-state index contributed by atoms with van der Waals surface area (Å²) in [6, 6.07) is 58.7. The molecule has 0 radical (unpaired) electrons. The van der Waals surface area contributed by atoms with Crippen LogP contribution in [-0.4, -0.2) is 5.84 Å². The van der Waals surface area contributed by atoms with Crippen molar-refractivity contribution in [3.8, 4) is 22.3 Å². The van der Waals surface area contributed by atoms with Gasteiger partial charge in [0.15, 0.2) is 0 Å². The Morgan fingerprint density at radius 3 is 1.86 bits per heavy atom. The minimum absolute atomic E-state index is 0.264. The number of aliphatic imine (C=N–C) groups is 1. The first-order chi connectivity index (χ1) is 24.8. The fraction of sp³-hybridized carbons (Fsp3) is 0.0426. The molecule has 50 heavy (non-hydrogen) atoms. The second kappa shape index (κ2) is 10.3. The first-order valence-electron chi connectivity index (χ1n) is 17.3. The Morgan fingerprint density at radius 1 is 0.500 bits per heavy atom. The zero-order chi connectivity index (χ0) is 32.8. The Morgan fingerprint density at radius 2 is 1.08 bits per heavy atom. The van der Waals surface area contributed by atoms with E-state index < -0.39 is 5.41 Å². The van der Waals surface area contributed by atoms with E-state index in [0.717, 1.165) is 44.6 Å². The third-order valence-electron chi connectivity index (χ3n) is 11.0. The molecule has 1 atom stereocenters. The third-order valence-corrected chi connectivity index (χ3v) is 11.0. The zero-order valence-electron chi connectivity index (χ0n) is 27.1. The summed E-state index contributed by atoms with van der Waals surface area (Å²) < 4.78 is 6.55. The van der Waals surface area contributed by atoms with Gasteiger partial charge in [0, 0.05) is 33.2 Å². The van der Waals surface area contributed by atoms with Crippen molar-refractivity contribution in [3.63, 3.8) is 0 Å². The highest BCUT2D eigenvalue weighted by molar-refractivity contribution is 6.09. The SMILES string of the molecule is C1=C(c2cccc3c2-c2ccccc2C32c3ccccc3-c3ccccc32)NC(c2ccccc2)=NC1c1cccc2c1oc1ccccc12. The molecule has 1 spiro atoms. The molecule has 3 nitrogen and oxygen atoms in total. The van der Waals surface area contributed by atoms with Crippen molar-refractivity contribution in [1.82, 2.24) is 5.32 Å². The molecule has 1 aromatic heterocycles. The second-order valence-corrected chi connectivity index (χ2v) is 13.4. The standard InChI is InChI=1S/C47H30N2O/c1-2-14-29(15-3-1)46-48-41(28-42(49-46)36-22-12-20-33-32-18-7-11-27-43(32)50-45(33)36)35-21-13-26-40-44(35)34-19-6-10-25-39(34)47(40)37-23-8-4-16-30(37)31-17-5-9-24-38(31)47/h1-28,42H,(H,48,49). The minimum Gasteiger partial charge on any atom is -0.456 e. The predicted octanol–water partition coefficient (Wildman–Crippen LogP) is 11.1. The lowest BCUT2D eigenvalue weighted by molar-refractivity contribution is 0.658. The van der Waals surface area contributed by atoms with Crippen molar-refractivity contribution >= 4 is 33.5 Å². The van der Waals surface area contributed by atoms with E-state index in [1.165, 1.54) is 50.1 Å². The molecule has 1 aliphatic heterocycles. The van der Waals surface area contributed by atoms with Crippen molar-refractivity contribution in [3.05, 3.63) is 209 Å². The lowest BCUT2D eigenvalue weighted by atomic mass is 9.70. The molecule has 0 saturated carbocycles. The van der Waals surface area contributed by atoms with E-state index in [-0.39, 0.29) is 6.04 Å². The van der Waals surface area contributed by atoms with Crippen LogP contribution in [0.2, 0.25) is 0 Å². The quantitative estimate of drug-likeness (QED) is 0.209. The van der Waals surface area contributed by atoms with Gasteiger partial charge in [-0.1, -0.05) is 158 Å². The van der Waals surface area contributed by atoms with E-state index in [0.29, 0.717) is 0 Å². The lowest BCUT2D eigenvalue weighted by Crippen LogP contribution is -2.28. The maximum atomic E-state index is 6.55. The molecule has 0 saturated heterocycles. The van der Waals surface area contributed by atoms with Crippen LogP contribution in [-0.2, 0) is 5.41 Å². The van der Waals surface area contributed by atoms with Gasteiger partial charge in [-0.05, 0) is 56.6 Å². The Labute approximate surface area is 289 Å². The van der Waals surface area contributed by atoms with E-state index in [1.807, 2.05) is 18.2 Å². The molecule has 234 valence electrons. The maximum absolute atomic E-state index is 6.55. The number of hydrogen-bond donors (Lipinski definition) is 1. The fourth-order valence-electron chi connectivity index (χ4n) is 8.96.